The van der Waals surface area contributed by atoms with Crippen molar-refractivity contribution in [3.63, 3.8) is 0 Å². The average molecular weight is 384 g/mol. The largest absolute Gasteiger partial charge is 0.345 e. The minimum absolute atomic E-state index is 0.0517. The predicted molar refractivity (Wildman–Crippen MR) is 103 cm³/mol. The third-order valence-corrected chi connectivity index (χ3v) is 4.88. The second-order valence-electron chi connectivity index (χ2n) is 6.46. The Bertz CT molecular complexity index is 1050. The first-order valence-corrected chi connectivity index (χ1v) is 9.06. The Kier molecular flexibility index (Phi) is 4.53. The molecule has 4 rings (SSSR count). The monoisotopic (exact) mass is 383 g/mol. The topological polar surface area (TPSA) is 80.1 Å². The molecule has 0 spiro atoms. The van der Waals surface area contributed by atoms with Gasteiger partial charge < -0.3 is 14.8 Å². The van der Waals surface area contributed by atoms with Gasteiger partial charge in [-0.2, -0.15) is 0 Å². The summed E-state index contributed by atoms with van der Waals surface area (Å²) in [6, 6.07) is 8.70. The van der Waals surface area contributed by atoms with Crippen LogP contribution in [0, 0.1) is 0 Å². The number of anilines is 1. The molecule has 3 heterocycles. The van der Waals surface area contributed by atoms with E-state index in [-0.39, 0.29) is 18.4 Å². The lowest BCUT2D eigenvalue weighted by Gasteiger charge is -2.17. The summed E-state index contributed by atoms with van der Waals surface area (Å²) in [5.74, 6) is 0.482. The number of aryl methyl sites for hydroxylation is 1. The first-order valence-electron chi connectivity index (χ1n) is 8.68. The van der Waals surface area contributed by atoms with Crippen molar-refractivity contribution in [1.29, 1.82) is 0 Å². The van der Waals surface area contributed by atoms with Gasteiger partial charge in [0.05, 0.1) is 6.54 Å². The maximum absolute atomic E-state index is 12.6. The van der Waals surface area contributed by atoms with E-state index < -0.39 is 0 Å². The molecule has 7 nitrogen and oxygen atoms in total. The Morgan fingerprint density at radius 2 is 2.19 bits per heavy atom. The van der Waals surface area contributed by atoms with E-state index in [0.717, 1.165) is 17.6 Å². The van der Waals surface area contributed by atoms with Crippen LogP contribution in [0.3, 0.4) is 0 Å². The molecule has 0 atom stereocenters. The Labute approximate surface area is 161 Å². The quantitative estimate of drug-likeness (QED) is 0.751. The summed E-state index contributed by atoms with van der Waals surface area (Å²) in [6.07, 6.45) is 3.04. The molecule has 8 heteroatoms. The fourth-order valence-corrected chi connectivity index (χ4v) is 3.50. The number of imidazole rings is 1. The van der Waals surface area contributed by atoms with Crippen LogP contribution in [0.2, 0.25) is 5.02 Å². The molecule has 0 radical (unpaired) electrons. The summed E-state index contributed by atoms with van der Waals surface area (Å²) in [6.45, 7) is 0.906. The number of halogens is 1. The Morgan fingerprint density at radius 3 is 2.93 bits per heavy atom. The lowest BCUT2D eigenvalue weighted by molar-refractivity contribution is -0.117. The number of benzene rings is 1. The third-order valence-electron chi connectivity index (χ3n) is 4.66. The zero-order valence-corrected chi connectivity index (χ0v) is 15.5. The predicted octanol–water partition coefficient (Wildman–Crippen LogP) is 2.68. The minimum Gasteiger partial charge on any atom is -0.345 e. The molecule has 0 bridgehead atoms. The van der Waals surface area contributed by atoms with Crippen LogP contribution in [-0.4, -0.2) is 32.9 Å². The first-order chi connectivity index (χ1) is 13.0. The maximum atomic E-state index is 12.6. The maximum Gasteiger partial charge on any atom is 0.251 e. The average Bonchev–Trinajstić information content (AvgIpc) is 3.23. The molecule has 0 unspecified atom stereocenters. The van der Waals surface area contributed by atoms with Crippen molar-refractivity contribution in [2.24, 2.45) is 7.05 Å². The number of carbonyl (C=O) groups excluding carboxylic acids is 2. The van der Waals surface area contributed by atoms with Gasteiger partial charge in [0.25, 0.3) is 5.91 Å². The highest BCUT2D eigenvalue weighted by atomic mass is 35.5. The van der Waals surface area contributed by atoms with Gasteiger partial charge in [-0.05, 0) is 36.8 Å². The molecule has 1 aliphatic rings. The van der Waals surface area contributed by atoms with Gasteiger partial charge in [-0.1, -0.05) is 11.6 Å². The first kappa shape index (κ1) is 17.5. The molecule has 1 aromatic carbocycles. The van der Waals surface area contributed by atoms with Gasteiger partial charge in [0.2, 0.25) is 5.91 Å². The van der Waals surface area contributed by atoms with Crippen LogP contribution in [0.4, 0.5) is 5.69 Å². The molecular formula is C19H18ClN5O2. The molecule has 1 aliphatic heterocycles. The van der Waals surface area contributed by atoms with Crippen molar-refractivity contribution in [2.45, 2.75) is 19.4 Å². The number of nitrogens with one attached hydrogen (secondary N) is 1. The van der Waals surface area contributed by atoms with Crippen molar-refractivity contribution in [2.75, 3.05) is 11.4 Å². The Morgan fingerprint density at radius 1 is 1.33 bits per heavy atom. The van der Waals surface area contributed by atoms with Crippen LogP contribution in [0.1, 0.15) is 29.0 Å². The molecule has 0 aliphatic carbocycles. The third kappa shape index (κ3) is 3.38. The second kappa shape index (κ2) is 7.00. The molecule has 138 valence electrons. The molecule has 2 amide bonds. The molecular weight excluding hydrogens is 366 g/mol. The summed E-state index contributed by atoms with van der Waals surface area (Å²) in [4.78, 5) is 35.0. The van der Waals surface area contributed by atoms with Crippen LogP contribution in [0.25, 0.3) is 11.2 Å². The minimum atomic E-state index is -0.273. The van der Waals surface area contributed by atoms with E-state index in [4.69, 9.17) is 11.6 Å². The van der Waals surface area contributed by atoms with Gasteiger partial charge in [-0.25, -0.2) is 9.97 Å². The lowest BCUT2D eigenvalue weighted by Crippen LogP contribution is -2.26. The van der Waals surface area contributed by atoms with Gasteiger partial charge in [0.1, 0.15) is 11.3 Å². The number of nitrogens with zero attached hydrogens (tertiary/aromatic N) is 4. The van der Waals surface area contributed by atoms with Crippen LogP contribution in [0.5, 0.6) is 0 Å². The standard InChI is InChI=1S/C19H18ClN5O2/c1-24-16(23-15-4-2-6-21-18(15)24)11-22-19(27)12-8-13(20)10-14(9-12)25-7-3-5-17(25)26/h2,4,6,8-10H,3,5,7,11H2,1H3,(H,22,27). The van der Waals surface area contributed by atoms with E-state index >= 15 is 0 Å². The highest BCUT2D eigenvalue weighted by molar-refractivity contribution is 6.31. The van der Waals surface area contributed by atoms with Gasteiger partial charge in [0.15, 0.2) is 5.65 Å². The van der Waals surface area contributed by atoms with Gasteiger partial charge >= 0.3 is 0 Å². The van der Waals surface area contributed by atoms with Crippen molar-refractivity contribution in [3.05, 3.63) is 52.9 Å². The van der Waals surface area contributed by atoms with Crippen molar-refractivity contribution < 1.29 is 9.59 Å². The van der Waals surface area contributed by atoms with Gasteiger partial charge in [-0.3, -0.25) is 9.59 Å². The Balaban J connectivity index is 1.53. The summed E-state index contributed by atoms with van der Waals surface area (Å²) in [5, 5.41) is 3.28. The zero-order valence-electron chi connectivity index (χ0n) is 14.8. The summed E-state index contributed by atoms with van der Waals surface area (Å²) < 4.78 is 1.85. The lowest BCUT2D eigenvalue weighted by atomic mass is 10.1. The molecule has 1 fully saturated rings. The molecule has 3 aromatic rings. The molecule has 27 heavy (non-hydrogen) atoms. The van der Waals surface area contributed by atoms with E-state index in [1.807, 2.05) is 23.7 Å². The highest BCUT2D eigenvalue weighted by Gasteiger charge is 2.23. The number of rotatable bonds is 4. The van der Waals surface area contributed by atoms with Gasteiger partial charge in [-0.15, -0.1) is 0 Å². The van der Waals surface area contributed by atoms with Crippen LogP contribution in [0.15, 0.2) is 36.5 Å². The molecule has 2 aromatic heterocycles. The fraction of sp³-hybridized carbons (Fsp3) is 0.263. The van der Waals surface area contributed by atoms with Crippen molar-refractivity contribution in [1.82, 2.24) is 19.9 Å². The fourth-order valence-electron chi connectivity index (χ4n) is 3.27. The number of fused-ring (bicyclic) bond motifs is 1. The number of pyridine rings is 1. The smallest absolute Gasteiger partial charge is 0.251 e. The van der Waals surface area contributed by atoms with E-state index in [1.165, 1.54) is 0 Å². The number of carbonyl (C=O) groups is 2. The number of aromatic nitrogens is 3. The van der Waals surface area contributed by atoms with E-state index in [9.17, 15) is 9.59 Å². The van der Waals surface area contributed by atoms with Crippen molar-refractivity contribution in [3.8, 4) is 0 Å². The molecule has 1 saturated heterocycles. The highest BCUT2D eigenvalue weighted by Crippen LogP contribution is 2.26. The molecule has 1 N–H and O–H groups in total. The molecule has 0 saturated carbocycles. The van der Waals surface area contributed by atoms with Crippen molar-refractivity contribution >= 4 is 40.3 Å². The number of amides is 2. The zero-order chi connectivity index (χ0) is 19.0. The van der Waals surface area contributed by atoms with Crippen LogP contribution in [-0.2, 0) is 18.4 Å². The van der Waals surface area contributed by atoms with Gasteiger partial charge in [0, 0.05) is 42.5 Å². The van der Waals surface area contributed by atoms with E-state index in [1.54, 1.807) is 29.3 Å². The van der Waals surface area contributed by atoms with Crippen LogP contribution >= 0.6 is 11.6 Å². The number of hydrogen-bond acceptors (Lipinski definition) is 4. The summed E-state index contributed by atoms with van der Waals surface area (Å²) >= 11 is 6.17. The summed E-state index contributed by atoms with van der Waals surface area (Å²) in [7, 11) is 1.86. The number of hydrogen-bond donors (Lipinski definition) is 1. The van der Waals surface area contributed by atoms with E-state index in [2.05, 4.69) is 15.3 Å². The van der Waals surface area contributed by atoms with E-state index in [0.29, 0.717) is 35.1 Å². The Hall–Kier alpha value is -2.93. The van der Waals surface area contributed by atoms with Crippen LogP contribution < -0.4 is 10.2 Å². The second-order valence-corrected chi connectivity index (χ2v) is 6.90. The SMILES string of the molecule is Cn1c(CNC(=O)c2cc(Cl)cc(N3CCCC3=O)c2)nc2cccnc21. The summed E-state index contributed by atoms with van der Waals surface area (Å²) in [5.41, 5.74) is 2.61. The normalized spacial score (nSPS) is 14.1.